The van der Waals surface area contributed by atoms with Crippen molar-refractivity contribution in [1.29, 1.82) is 0 Å². The number of hydrogen-bond donors (Lipinski definition) is 1. The second kappa shape index (κ2) is 6.26. The van der Waals surface area contributed by atoms with Gasteiger partial charge in [0.15, 0.2) is 5.69 Å². The number of aromatic amines is 1. The molecule has 1 aromatic carbocycles. The number of ether oxygens (including phenoxy) is 3. The molecule has 6 nitrogen and oxygen atoms in total. The molecule has 0 atom stereocenters. The van der Waals surface area contributed by atoms with Crippen LogP contribution in [0.1, 0.15) is 23.0 Å². The molecule has 120 valence electrons. The minimum absolute atomic E-state index is 0.275. The van der Waals surface area contributed by atoms with Gasteiger partial charge in [-0.3, -0.25) is 0 Å². The number of rotatable bonds is 5. The highest BCUT2D eigenvalue weighted by Gasteiger charge is 2.20. The third-order valence-electron chi connectivity index (χ3n) is 3.70. The normalized spacial score (nSPS) is 11.1. The van der Waals surface area contributed by atoms with Gasteiger partial charge in [0.05, 0.1) is 37.6 Å². The Morgan fingerprint density at radius 2 is 2.09 bits per heavy atom. The lowest BCUT2D eigenvalue weighted by Gasteiger charge is -2.09. The van der Waals surface area contributed by atoms with Crippen molar-refractivity contribution in [1.82, 2.24) is 9.97 Å². The first kappa shape index (κ1) is 15.3. The van der Waals surface area contributed by atoms with Gasteiger partial charge in [-0.05, 0) is 19.1 Å². The molecule has 0 aliphatic carbocycles. The van der Waals surface area contributed by atoms with Gasteiger partial charge < -0.3 is 19.2 Å². The molecule has 2 aromatic heterocycles. The van der Waals surface area contributed by atoms with Crippen LogP contribution in [0, 0.1) is 0 Å². The summed E-state index contributed by atoms with van der Waals surface area (Å²) in [6.45, 7) is 2.35. The number of pyridine rings is 1. The minimum atomic E-state index is -0.440. The predicted molar refractivity (Wildman–Crippen MR) is 86.8 cm³/mol. The van der Waals surface area contributed by atoms with Crippen molar-refractivity contribution in [2.24, 2.45) is 0 Å². The Balaban J connectivity index is 2.29. The highest BCUT2D eigenvalue weighted by Crippen LogP contribution is 2.32. The second-order valence-electron chi connectivity index (χ2n) is 5.06. The van der Waals surface area contributed by atoms with Gasteiger partial charge >= 0.3 is 5.97 Å². The van der Waals surface area contributed by atoms with Gasteiger partial charge in [0.2, 0.25) is 0 Å². The SMILES string of the molecule is CCOC(=O)c1ncc2[nH]c3cc(OC)ccc3c2c1COC. The Morgan fingerprint density at radius 1 is 1.26 bits per heavy atom. The first-order valence-electron chi connectivity index (χ1n) is 7.33. The summed E-state index contributed by atoms with van der Waals surface area (Å²) in [5.74, 6) is 0.320. The fourth-order valence-electron chi connectivity index (χ4n) is 2.73. The molecule has 0 spiro atoms. The quantitative estimate of drug-likeness (QED) is 0.733. The lowest BCUT2D eigenvalue weighted by atomic mass is 10.1. The van der Waals surface area contributed by atoms with Gasteiger partial charge in [0.25, 0.3) is 0 Å². The summed E-state index contributed by atoms with van der Waals surface area (Å²) in [4.78, 5) is 19.7. The molecule has 0 fully saturated rings. The van der Waals surface area contributed by atoms with Gasteiger partial charge in [-0.25, -0.2) is 9.78 Å². The van der Waals surface area contributed by atoms with Crippen molar-refractivity contribution < 1.29 is 19.0 Å². The summed E-state index contributed by atoms with van der Waals surface area (Å²) < 4.78 is 15.6. The molecule has 0 saturated heterocycles. The van der Waals surface area contributed by atoms with E-state index in [-0.39, 0.29) is 12.3 Å². The maximum absolute atomic E-state index is 12.2. The zero-order valence-corrected chi connectivity index (χ0v) is 13.3. The standard InChI is InChI=1S/C17H18N2O4/c1-4-23-17(20)16-12(9-21-2)15-11-6-5-10(22-3)7-13(11)19-14(15)8-18-16/h5-8,19H,4,9H2,1-3H3. The summed E-state index contributed by atoms with van der Waals surface area (Å²) in [5, 5.41) is 1.91. The number of benzene rings is 1. The molecule has 0 unspecified atom stereocenters. The van der Waals surface area contributed by atoms with E-state index < -0.39 is 5.97 Å². The van der Waals surface area contributed by atoms with Gasteiger partial charge in [-0.1, -0.05) is 0 Å². The van der Waals surface area contributed by atoms with E-state index in [0.717, 1.165) is 33.1 Å². The first-order valence-corrected chi connectivity index (χ1v) is 7.33. The lowest BCUT2D eigenvalue weighted by molar-refractivity contribution is 0.0514. The number of aromatic nitrogens is 2. The number of carbonyl (C=O) groups excluding carboxylic acids is 1. The zero-order chi connectivity index (χ0) is 16.4. The molecule has 0 amide bonds. The van der Waals surface area contributed by atoms with Crippen LogP contribution < -0.4 is 4.74 Å². The lowest BCUT2D eigenvalue weighted by Crippen LogP contribution is -2.11. The van der Waals surface area contributed by atoms with Crippen molar-refractivity contribution in [2.45, 2.75) is 13.5 Å². The predicted octanol–water partition coefficient (Wildman–Crippen LogP) is 3.05. The van der Waals surface area contributed by atoms with Crippen LogP contribution in [0.2, 0.25) is 0 Å². The van der Waals surface area contributed by atoms with E-state index in [1.54, 1.807) is 27.3 Å². The molecule has 6 heteroatoms. The highest BCUT2D eigenvalue weighted by atomic mass is 16.5. The van der Waals surface area contributed by atoms with Crippen LogP contribution in [0.4, 0.5) is 0 Å². The summed E-state index contributed by atoms with van der Waals surface area (Å²) >= 11 is 0. The Morgan fingerprint density at radius 3 is 2.78 bits per heavy atom. The molecule has 23 heavy (non-hydrogen) atoms. The average Bonchev–Trinajstić information content (AvgIpc) is 2.93. The average molecular weight is 314 g/mol. The van der Waals surface area contributed by atoms with Crippen molar-refractivity contribution in [3.8, 4) is 5.75 Å². The number of esters is 1. The van der Waals surface area contributed by atoms with Crippen LogP contribution in [0.5, 0.6) is 5.75 Å². The minimum Gasteiger partial charge on any atom is -0.497 e. The van der Waals surface area contributed by atoms with Crippen molar-refractivity contribution in [2.75, 3.05) is 20.8 Å². The monoisotopic (exact) mass is 314 g/mol. The van der Waals surface area contributed by atoms with E-state index in [4.69, 9.17) is 14.2 Å². The molecular formula is C17H18N2O4. The summed E-state index contributed by atoms with van der Waals surface area (Å²) in [6, 6.07) is 5.76. The molecule has 0 aliphatic rings. The van der Waals surface area contributed by atoms with Crippen molar-refractivity contribution >= 4 is 27.8 Å². The van der Waals surface area contributed by atoms with Gasteiger partial charge in [-0.15, -0.1) is 0 Å². The third-order valence-corrected chi connectivity index (χ3v) is 3.70. The first-order chi connectivity index (χ1) is 11.2. The molecule has 0 radical (unpaired) electrons. The number of carbonyl (C=O) groups is 1. The molecule has 3 rings (SSSR count). The van der Waals surface area contributed by atoms with Crippen molar-refractivity contribution in [3.05, 3.63) is 35.7 Å². The van der Waals surface area contributed by atoms with Gasteiger partial charge in [0.1, 0.15) is 5.75 Å². The fraction of sp³-hybridized carbons (Fsp3) is 0.294. The Labute approximate surface area is 133 Å². The fourth-order valence-corrected chi connectivity index (χ4v) is 2.73. The Kier molecular flexibility index (Phi) is 4.16. The highest BCUT2D eigenvalue weighted by molar-refractivity contribution is 6.11. The number of nitrogens with one attached hydrogen (secondary N) is 1. The number of methoxy groups -OCH3 is 2. The molecule has 2 heterocycles. The Bertz CT molecular complexity index is 870. The van der Waals surface area contributed by atoms with Crippen LogP contribution in [0.15, 0.2) is 24.4 Å². The summed E-state index contributed by atoms with van der Waals surface area (Å²) in [5.41, 5.74) is 2.77. The summed E-state index contributed by atoms with van der Waals surface area (Å²) in [7, 11) is 3.21. The second-order valence-corrected chi connectivity index (χ2v) is 5.06. The van der Waals surface area contributed by atoms with Crippen LogP contribution >= 0.6 is 0 Å². The zero-order valence-electron chi connectivity index (χ0n) is 13.3. The largest absolute Gasteiger partial charge is 0.497 e. The topological polar surface area (TPSA) is 73.4 Å². The number of hydrogen-bond acceptors (Lipinski definition) is 5. The van der Waals surface area contributed by atoms with E-state index in [9.17, 15) is 4.79 Å². The molecule has 1 N–H and O–H groups in total. The number of fused-ring (bicyclic) bond motifs is 3. The molecule has 3 aromatic rings. The molecular weight excluding hydrogens is 296 g/mol. The van der Waals surface area contributed by atoms with Crippen molar-refractivity contribution in [3.63, 3.8) is 0 Å². The summed E-state index contributed by atoms with van der Waals surface area (Å²) in [6.07, 6.45) is 1.65. The number of nitrogens with zero attached hydrogens (tertiary/aromatic N) is 1. The van der Waals surface area contributed by atoms with E-state index in [0.29, 0.717) is 6.61 Å². The van der Waals surface area contributed by atoms with Crippen LogP contribution in [-0.4, -0.2) is 36.8 Å². The van der Waals surface area contributed by atoms with E-state index in [2.05, 4.69) is 9.97 Å². The van der Waals surface area contributed by atoms with E-state index in [1.807, 2.05) is 18.2 Å². The van der Waals surface area contributed by atoms with Crippen LogP contribution in [0.3, 0.4) is 0 Å². The number of H-pyrrole nitrogens is 1. The van der Waals surface area contributed by atoms with E-state index in [1.165, 1.54) is 0 Å². The third kappa shape index (κ3) is 2.61. The molecule has 0 aliphatic heterocycles. The molecule has 0 saturated carbocycles. The van der Waals surface area contributed by atoms with E-state index >= 15 is 0 Å². The van der Waals surface area contributed by atoms with Crippen LogP contribution in [0.25, 0.3) is 21.8 Å². The smallest absolute Gasteiger partial charge is 0.357 e. The van der Waals surface area contributed by atoms with Crippen LogP contribution in [-0.2, 0) is 16.1 Å². The van der Waals surface area contributed by atoms with Gasteiger partial charge in [-0.2, -0.15) is 0 Å². The molecule has 0 bridgehead atoms. The van der Waals surface area contributed by atoms with Gasteiger partial charge in [0, 0.05) is 29.5 Å². The Hall–Kier alpha value is -2.60. The maximum Gasteiger partial charge on any atom is 0.357 e. The maximum atomic E-state index is 12.2.